The van der Waals surface area contributed by atoms with Crippen LogP contribution in [0.25, 0.3) is 99.9 Å². The summed E-state index contributed by atoms with van der Waals surface area (Å²) in [5.74, 6) is 1.75. The zero-order chi connectivity index (χ0) is 31.6. The zero-order valence-electron chi connectivity index (χ0n) is 25.6. The van der Waals surface area contributed by atoms with Gasteiger partial charge in [0.2, 0.25) is 0 Å². The van der Waals surface area contributed by atoms with E-state index >= 15 is 0 Å². The van der Waals surface area contributed by atoms with Crippen LogP contribution in [0.15, 0.2) is 160 Å². The average molecular weight is 616 g/mol. The molecule has 7 aromatic carbocycles. The molecule has 0 atom stereocenters. The van der Waals surface area contributed by atoms with Gasteiger partial charge in [-0.2, -0.15) is 0 Å². The Morgan fingerprint density at radius 1 is 0.333 bits per heavy atom. The normalized spacial score (nSPS) is 11.8. The second-order valence-corrected chi connectivity index (χ2v) is 12.0. The molecule has 10 rings (SSSR count). The molecule has 0 unspecified atom stereocenters. The maximum Gasteiger partial charge on any atom is 0.164 e. The molecule has 0 spiro atoms. The molecule has 224 valence electrons. The maximum absolute atomic E-state index is 6.40. The first-order valence-corrected chi connectivity index (χ1v) is 15.9. The Balaban J connectivity index is 1.18. The molecular formula is C43H25N3O2. The molecule has 0 aliphatic rings. The summed E-state index contributed by atoms with van der Waals surface area (Å²) in [5, 5.41) is 6.56. The van der Waals surface area contributed by atoms with Crippen LogP contribution in [0.2, 0.25) is 0 Å². The van der Waals surface area contributed by atoms with E-state index in [0.717, 1.165) is 71.7 Å². The molecule has 0 amide bonds. The first kappa shape index (κ1) is 26.6. The molecule has 0 N–H and O–H groups in total. The summed E-state index contributed by atoms with van der Waals surface area (Å²) >= 11 is 0. The van der Waals surface area contributed by atoms with Crippen molar-refractivity contribution in [1.29, 1.82) is 0 Å². The van der Waals surface area contributed by atoms with Crippen molar-refractivity contribution in [1.82, 2.24) is 15.0 Å². The van der Waals surface area contributed by atoms with E-state index < -0.39 is 0 Å². The molecule has 0 saturated carbocycles. The highest BCUT2D eigenvalue weighted by Crippen LogP contribution is 2.39. The third kappa shape index (κ3) is 4.29. The molecule has 5 nitrogen and oxygen atoms in total. The molecule has 48 heavy (non-hydrogen) atoms. The summed E-state index contributed by atoms with van der Waals surface area (Å²) in [6, 6.07) is 51.8. The number of nitrogens with zero attached hydrogens (tertiary/aromatic N) is 3. The van der Waals surface area contributed by atoms with Crippen LogP contribution in [0.3, 0.4) is 0 Å². The van der Waals surface area contributed by atoms with Gasteiger partial charge >= 0.3 is 0 Å². The fourth-order valence-electron chi connectivity index (χ4n) is 6.77. The number of hydrogen-bond donors (Lipinski definition) is 0. The Morgan fingerprint density at radius 2 is 0.979 bits per heavy atom. The summed E-state index contributed by atoms with van der Waals surface area (Å²) in [6.45, 7) is 0. The SMILES string of the molecule is c1ccc(-c2nc(-c3ccc4c(c3)oc3ccccc34)nc(-c3cccc4oc5ccc(-c6ccc7ccccc7c6)cc5c34)n2)cc1. The molecule has 3 aromatic heterocycles. The van der Waals surface area contributed by atoms with E-state index in [-0.39, 0.29) is 0 Å². The zero-order valence-corrected chi connectivity index (χ0v) is 25.6. The Labute approximate surface area is 274 Å². The monoisotopic (exact) mass is 615 g/mol. The van der Waals surface area contributed by atoms with E-state index in [1.165, 1.54) is 10.8 Å². The third-order valence-corrected chi connectivity index (χ3v) is 9.12. The molecule has 0 aliphatic heterocycles. The molecule has 0 aliphatic carbocycles. The van der Waals surface area contributed by atoms with E-state index in [4.69, 9.17) is 23.8 Å². The number of aromatic nitrogens is 3. The number of hydrogen-bond acceptors (Lipinski definition) is 5. The van der Waals surface area contributed by atoms with E-state index in [0.29, 0.717) is 17.5 Å². The molecule has 10 aromatic rings. The van der Waals surface area contributed by atoms with Gasteiger partial charge in [0.15, 0.2) is 17.5 Å². The lowest BCUT2D eigenvalue weighted by Gasteiger charge is -2.09. The van der Waals surface area contributed by atoms with E-state index in [2.05, 4.69) is 84.9 Å². The van der Waals surface area contributed by atoms with Crippen molar-refractivity contribution < 1.29 is 8.83 Å². The second kappa shape index (κ2) is 10.5. The van der Waals surface area contributed by atoms with Crippen LogP contribution < -0.4 is 0 Å². The minimum absolute atomic E-state index is 0.572. The third-order valence-electron chi connectivity index (χ3n) is 9.12. The molecule has 0 radical (unpaired) electrons. The van der Waals surface area contributed by atoms with Crippen LogP contribution >= 0.6 is 0 Å². The van der Waals surface area contributed by atoms with E-state index in [1.807, 2.05) is 66.7 Å². The molecule has 0 fully saturated rings. The Hall–Kier alpha value is -6.59. The first-order valence-electron chi connectivity index (χ1n) is 15.9. The number of benzene rings is 7. The highest BCUT2D eigenvalue weighted by atomic mass is 16.3. The average Bonchev–Trinajstić information content (AvgIpc) is 3.72. The van der Waals surface area contributed by atoms with Gasteiger partial charge in [-0.15, -0.1) is 0 Å². The number of furan rings is 2. The van der Waals surface area contributed by atoms with Crippen molar-refractivity contribution in [3.63, 3.8) is 0 Å². The highest BCUT2D eigenvalue weighted by molar-refractivity contribution is 6.13. The summed E-state index contributed by atoms with van der Waals surface area (Å²) in [5.41, 5.74) is 8.16. The smallest absolute Gasteiger partial charge is 0.164 e. The van der Waals surface area contributed by atoms with Crippen LogP contribution in [0.5, 0.6) is 0 Å². The lowest BCUT2D eigenvalue weighted by molar-refractivity contribution is 0.668. The summed E-state index contributed by atoms with van der Waals surface area (Å²) in [4.78, 5) is 15.1. The van der Waals surface area contributed by atoms with Crippen molar-refractivity contribution >= 4 is 54.6 Å². The van der Waals surface area contributed by atoms with Gasteiger partial charge in [-0.25, -0.2) is 15.0 Å². The van der Waals surface area contributed by atoms with Crippen LogP contribution in [0, 0.1) is 0 Å². The molecule has 3 heterocycles. The van der Waals surface area contributed by atoms with Crippen molar-refractivity contribution in [2.24, 2.45) is 0 Å². The van der Waals surface area contributed by atoms with Crippen molar-refractivity contribution in [3.8, 4) is 45.3 Å². The predicted octanol–water partition coefficient (Wildman–Crippen LogP) is 11.5. The number of fused-ring (bicyclic) bond motifs is 7. The summed E-state index contributed by atoms with van der Waals surface area (Å²) in [7, 11) is 0. The fraction of sp³-hybridized carbons (Fsp3) is 0. The van der Waals surface area contributed by atoms with Crippen LogP contribution in [0.4, 0.5) is 0 Å². The van der Waals surface area contributed by atoms with Crippen molar-refractivity contribution in [2.75, 3.05) is 0 Å². The largest absolute Gasteiger partial charge is 0.456 e. The number of rotatable bonds is 4. The lowest BCUT2D eigenvalue weighted by atomic mass is 9.98. The molecule has 0 bridgehead atoms. The first-order chi connectivity index (χ1) is 23.7. The quantitative estimate of drug-likeness (QED) is 0.197. The molecule has 0 saturated heterocycles. The van der Waals surface area contributed by atoms with Crippen LogP contribution in [-0.4, -0.2) is 15.0 Å². The summed E-state index contributed by atoms with van der Waals surface area (Å²) in [6.07, 6.45) is 0. The van der Waals surface area contributed by atoms with E-state index in [9.17, 15) is 0 Å². The van der Waals surface area contributed by atoms with Gasteiger partial charge in [-0.1, -0.05) is 109 Å². The van der Waals surface area contributed by atoms with Crippen LogP contribution in [-0.2, 0) is 0 Å². The predicted molar refractivity (Wildman–Crippen MR) is 194 cm³/mol. The minimum atomic E-state index is 0.572. The van der Waals surface area contributed by atoms with Crippen LogP contribution in [0.1, 0.15) is 0 Å². The topological polar surface area (TPSA) is 65.0 Å². The standard InChI is InChI=1S/C43H25N3O2/c1-2-10-27(11-3-1)41-44-42(31-19-21-33-32-13-6-7-15-36(32)48-39(33)25-31)46-43(45-41)34-14-8-16-38-40(34)35-24-30(20-22-37(35)47-38)29-18-17-26-9-4-5-12-28(26)23-29/h1-25H. The van der Waals surface area contributed by atoms with Gasteiger partial charge in [0, 0.05) is 38.2 Å². The van der Waals surface area contributed by atoms with Crippen molar-refractivity contribution in [2.45, 2.75) is 0 Å². The summed E-state index contributed by atoms with van der Waals surface area (Å²) < 4.78 is 12.6. The van der Waals surface area contributed by atoms with Gasteiger partial charge in [0.25, 0.3) is 0 Å². The highest BCUT2D eigenvalue weighted by Gasteiger charge is 2.19. The molecular weight excluding hydrogens is 590 g/mol. The Morgan fingerprint density at radius 3 is 1.90 bits per heavy atom. The van der Waals surface area contributed by atoms with Crippen molar-refractivity contribution in [3.05, 3.63) is 152 Å². The Bertz CT molecular complexity index is 2850. The van der Waals surface area contributed by atoms with Gasteiger partial charge in [-0.3, -0.25) is 0 Å². The minimum Gasteiger partial charge on any atom is -0.456 e. The lowest BCUT2D eigenvalue weighted by Crippen LogP contribution is -2.00. The molecule has 5 heteroatoms. The van der Waals surface area contributed by atoms with Gasteiger partial charge < -0.3 is 8.83 Å². The number of para-hydroxylation sites is 1. The van der Waals surface area contributed by atoms with Gasteiger partial charge in [-0.05, 0) is 64.4 Å². The second-order valence-electron chi connectivity index (χ2n) is 12.0. The Kier molecular flexibility index (Phi) is 5.81. The fourth-order valence-corrected chi connectivity index (χ4v) is 6.77. The van der Waals surface area contributed by atoms with Gasteiger partial charge in [0.05, 0.1) is 0 Å². The van der Waals surface area contributed by atoms with Gasteiger partial charge in [0.1, 0.15) is 22.3 Å². The maximum atomic E-state index is 6.40. The van der Waals surface area contributed by atoms with E-state index in [1.54, 1.807) is 0 Å².